The summed E-state index contributed by atoms with van der Waals surface area (Å²) in [5, 5.41) is 0.701. The third-order valence-electron chi connectivity index (χ3n) is 2.80. The molecule has 2 N–H and O–H groups in total. The zero-order valence-electron chi connectivity index (χ0n) is 10.6. The van der Waals surface area contributed by atoms with Crippen LogP contribution in [0.1, 0.15) is 16.7 Å². The molecule has 5 heteroatoms. The lowest BCUT2D eigenvalue weighted by Gasteiger charge is -1.92. The van der Waals surface area contributed by atoms with Crippen LogP contribution in [0.2, 0.25) is 0 Å². The number of nitrogen functional groups attached to an aromatic ring is 1. The van der Waals surface area contributed by atoms with Gasteiger partial charge in [0.2, 0.25) is 0 Å². The van der Waals surface area contributed by atoms with Gasteiger partial charge in [-0.15, -0.1) is 11.3 Å². The highest BCUT2D eigenvalue weighted by molar-refractivity contribution is 7.98. The van der Waals surface area contributed by atoms with Crippen molar-refractivity contribution >= 4 is 39.9 Å². The molecule has 2 aromatic heterocycles. The number of thiophene rings is 1. The Hall–Kier alpha value is -1.46. The number of aryl methyl sites for hydroxylation is 1. The average molecular weight is 290 g/mol. The molecular weight excluding hydrogens is 276 g/mol. The highest BCUT2D eigenvalue weighted by atomic mass is 32.2. The summed E-state index contributed by atoms with van der Waals surface area (Å²) in [4.78, 5) is 7.21. The molecule has 0 unspecified atom stereocenters. The highest BCUT2D eigenvalue weighted by Gasteiger charge is 2.07. The summed E-state index contributed by atoms with van der Waals surface area (Å²) in [7, 11) is 0. The zero-order chi connectivity index (χ0) is 13.2. The van der Waals surface area contributed by atoms with Crippen LogP contribution in [0.25, 0.3) is 11.1 Å². The van der Waals surface area contributed by atoms with Crippen LogP contribution < -0.4 is 5.73 Å². The van der Waals surface area contributed by atoms with Crippen molar-refractivity contribution in [3.8, 4) is 0 Å². The number of hydrogen-bond acceptors (Lipinski definition) is 5. The maximum Gasteiger partial charge on any atom is 0.257 e. The summed E-state index contributed by atoms with van der Waals surface area (Å²) < 4.78 is 5.68. The predicted molar refractivity (Wildman–Crippen MR) is 81.7 cm³/mol. The number of anilines is 1. The Labute approximate surface area is 119 Å². The van der Waals surface area contributed by atoms with Gasteiger partial charge < -0.3 is 10.2 Å². The summed E-state index contributed by atoms with van der Waals surface area (Å²) in [5.74, 6) is 0.896. The van der Waals surface area contributed by atoms with E-state index in [1.54, 1.807) is 11.8 Å². The van der Waals surface area contributed by atoms with Crippen LogP contribution in [0.5, 0.6) is 0 Å². The third-order valence-corrected chi connectivity index (χ3v) is 5.09. The molecule has 0 aliphatic heterocycles. The molecule has 1 aromatic carbocycles. The highest BCUT2D eigenvalue weighted by Crippen LogP contribution is 2.29. The van der Waals surface area contributed by atoms with E-state index in [0.717, 1.165) is 23.3 Å². The minimum Gasteiger partial charge on any atom is -0.431 e. The lowest BCUT2D eigenvalue weighted by Crippen LogP contribution is -1.81. The molecule has 2 heterocycles. The summed E-state index contributed by atoms with van der Waals surface area (Å²) in [6.45, 7) is 2.17. The zero-order valence-corrected chi connectivity index (χ0v) is 12.2. The van der Waals surface area contributed by atoms with Gasteiger partial charge >= 0.3 is 0 Å². The molecular formula is C14H14N2OS2. The van der Waals surface area contributed by atoms with E-state index in [9.17, 15) is 0 Å². The van der Waals surface area contributed by atoms with Gasteiger partial charge in [0.25, 0.3) is 5.22 Å². The quantitative estimate of drug-likeness (QED) is 0.574. The molecule has 0 atom stereocenters. The maximum absolute atomic E-state index is 5.72. The van der Waals surface area contributed by atoms with E-state index in [4.69, 9.17) is 10.2 Å². The van der Waals surface area contributed by atoms with Gasteiger partial charge in [-0.3, -0.25) is 0 Å². The Morgan fingerprint density at radius 2 is 2.11 bits per heavy atom. The van der Waals surface area contributed by atoms with Crippen molar-refractivity contribution in [1.29, 1.82) is 0 Å². The molecule has 0 fully saturated rings. The van der Waals surface area contributed by atoms with E-state index >= 15 is 0 Å². The SMILES string of the molecule is CCc1ccc(CSc2nc3ccc(N)cc3o2)s1. The number of hydrogen-bond donors (Lipinski definition) is 1. The first-order chi connectivity index (χ1) is 9.24. The van der Waals surface area contributed by atoms with E-state index < -0.39 is 0 Å². The molecule has 19 heavy (non-hydrogen) atoms. The lowest BCUT2D eigenvalue weighted by atomic mass is 10.3. The minimum atomic E-state index is 0.700. The first-order valence-electron chi connectivity index (χ1n) is 6.11. The number of aromatic nitrogens is 1. The fourth-order valence-electron chi connectivity index (χ4n) is 1.80. The van der Waals surface area contributed by atoms with Gasteiger partial charge in [0.15, 0.2) is 5.58 Å². The second-order valence-corrected chi connectivity index (χ2v) is 6.40. The molecule has 0 aliphatic rings. The van der Waals surface area contributed by atoms with Crippen LogP contribution in [-0.2, 0) is 12.2 Å². The predicted octanol–water partition coefficient (Wildman–Crippen LogP) is 4.33. The largest absolute Gasteiger partial charge is 0.431 e. The van der Waals surface area contributed by atoms with Gasteiger partial charge in [-0.2, -0.15) is 0 Å². The standard InChI is InChI=1S/C14H14N2OS2/c1-2-10-4-5-11(19-10)8-18-14-16-12-6-3-9(15)7-13(12)17-14/h3-7H,2,8,15H2,1H3. The number of benzene rings is 1. The maximum atomic E-state index is 5.72. The summed E-state index contributed by atoms with van der Waals surface area (Å²) in [6.07, 6.45) is 1.09. The lowest BCUT2D eigenvalue weighted by molar-refractivity contribution is 0.489. The Morgan fingerprint density at radius 1 is 1.26 bits per heavy atom. The molecule has 3 aromatic rings. The molecule has 0 aliphatic carbocycles. The number of nitrogens with zero attached hydrogens (tertiary/aromatic N) is 1. The van der Waals surface area contributed by atoms with Crippen molar-refractivity contribution in [1.82, 2.24) is 4.98 Å². The van der Waals surface area contributed by atoms with Crippen LogP contribution in [0.4, 0.5) is 5.69 Å². The second kappa shape index (κ2) is 5.27. The van der Waals surface area contributed by atoms with Crippen LogP contribution in [0.15, 0.2) is 40.0 Å². The Morgan fingerprint density at radius 3 is 2.89 bits per heavy atom. The van der Waals surface area contributed by atoms with Gasteiger partial charge in [-0.05, 0) is 30.7 Å². The summed E-state index contributed by atoms with van der Waals surface area (Å²) in [5.41, 5.74) is 8.03. The van der Waals surface area contributed by atoms with Gasteiger partial charge in [0, 0.05) is 27.3 Å². The Balaban J connectivity index is 1.74. The number of fused-ring (bicyclic) bond motifs is 1. The van der Waals surface area contributed by atoms with Crippen molar-refractivity contribution in [3.05, 3.63) is 40.1 Å². The number of thioether (sulfide) groups is 1. The molecule has 0 amide bonds. The molecule has 0 radical (unpaired) electrons. The van der Waals surface area contributed by atoms with Crippen LogP contribution in [-0.4, -0.2) is 4.98 Å². The number of nitrogens with two attached hydrogens (primary N) is 1. The van der Waals surface area contributed by atoms with Crippen molar-refractivity contribution < 1.29 is 4.42 Å². The second-order valence-electron chi connectivity index (χ2n) is 4.22. The van der Waals surface area contributed by atoms with E-state index in [-0.39, 0.29) is 0 Å². The van der Waals surface area contributed by atoms with Gasteiger partial charge in [-0.1, -0.05) is 18.7 Å². The molecule has 0 bridgehead atoms. The van der Waals surface area contributed by atoms with Crippen molar-refractivity contribution in [3.63, 3.8) is 0 Å². The minimum absolute atomic E-state index is 0.700. The van der Waals surface area contributed by atoms with Crippen LogP contribution in [0, 0.1) is 0 Å². The van der Waals surface area contributed by atoms with Crippen molar-refractivity contribution in [2.75, 3.05) is 5.73 Å². The van der Waals surface area contributed by atoms with Gasteiger partial charge in [-0.25, -0.2) is 4.98 Å². The van der Waals surface area contributed by atoms with E-state index in [0.29, 0.717) is 10.9 Å². The van der Waals surface area contributed by atoms with Gasteiger partial charge in [0.1, 0.15) is 5.52 Å². The monoisotopic (exact) mass is 290 g/mol. The molecule has 3 rings (SSSR count). The normalized spacial score (nSPS) is 11.2. The van der Waals surface area contributed by atoms with Crippen molar-refractivity contribution in [2.24, 2.45) is 0 Å². The van der Waals surface area contributed by atoms with E-state index in [2.05, 4.69) is 24.0 Å². The first kappa shape index (κ1) is 12.6. The first-order valence-corrected chi connectivity index (χ1v) is 7.91. The molecule has 0 spiro atoms. The van der Waals surface area contributed by atoms with E-state index in [1.807, 2.05) is 29.5 Å². The molecule has 3 nitrogen and oxygen atoms in total. The van der Waals surface area contributed by atoms with Crippen molar-refractivity contribution in [2.45, 2.75) is 24.3 Å². The Kier molecular flexibility index (Phi) is 3.48. The smallest absolute Gasteiger partial charge is 0.257 e. The topological polar surface area (TPSA) is 52.0 Å². The Bertz CT molecular complexity index is 702. The molecule has 0 saturated heterocycles. The fraction of sp³-hybridized carbons (Fsp3) is 0.214. The third kappa shape index (κ3) is 2.77. The van der Waals surface area contributed by atoms with Crippen LogP contribution in [0.3, 0.4) is 0 Å². The van der Waals surface area contributed by atoms with Gasteiger partial charge in [0.05, 0.1) is 0 Å². The van der Waals surface area contributed by atoms with Crippen LogP contribution >= 0.6 is 23.1 Å². The fourth-order valence-corrected chi connectivity index (χ4v) is 3.64. The molecule has 98 valence electrons. The average Bonchev–Trinajstić information content (AvgIpc) is 3.01. The summed E-state index contributed by atoms with van der Waals surface area (Å²) in [6, 6.07) is 9.90. The van der Waals surface area contributed by atoms with E-state index in [1.165, 1.54) is 9.75 Å². The number of rotatable bonds is 4. The molecule has 0 saturated carbocycles. The number of oxazole rings is 1. The summed E-state index contributed by atoms with van der Waals surface area (Å²) >= 11 is 3.47.